The lowest BCUT2D eigenvalue weighted by Crippen LogP contribution is -1.83. The lowest BCUT2D eigenvalue weighted by Gasteiger charge is -2.02. The third-order valence-electron chi connectivity index (χ3n) is 3.85. The number of imidazole rings is 1. The zero-order valence-corrected chi connectivity index (χ0v) is 13.5. The first-order valence-corrected chi connectivity index (χ1v) is 8.01. The lowest BCUT2D eigenvalue weighted by atomic mass is 10.1. The van der Waals surface area contributed by atoms with Gasteiger partial charge in [0.15, 0.2) is 0 Å². The van der Waals surface area contributed by atoms with Crippen molar-refractivity contribution in [1.29, 1.82) is 0 Å². The van der Waals surface area contributed by atoms with E-state index in [1.807, 2.05) is 54.6 Å². The zero-order valence-electron chi connectivity index (χ0n) is 12.8. The Hall–Kier alpha value is -2.91. The summed E-state index contributed by atoms with van der Waals surface area (Å²) in [7, 11) is 0. The molecule has 0 bridgehead atoms. The molecule has 0 aliphatic rings. The van der Waals surface area contributed by atoms with Crippen molar-refractivity contribution in [2.75, 3.05) is 0 Å². The third-order valence-corrected chi connectivity index (χ3v) is 4.18. The van der Waals surface area contributed by atoms with Crippen LogP contribution in [0, 0.1) is 0 Å². The quantitative estimate of drug-likeness (QED) is 0.541. The fourth-order valence-corrected chi connectivity index (χ4v) is 2.91. The minimum Gasteiger partial charge on any atom is -0.337 e. The molecule has 0 saturated carbocycles. The number of benzene rings is 2. The summed E-state index contributed by atoms with van der Waals surface area (Å²) in [5, 5.41) is 0.673. The molecule has 24 heavy (non-hydrogen) atoms. The van der Waals surface area contributed by atoms with Crippen LogP contribution in [0.15, 0.2) is 79.1 Å². The van der Waals surface area contributed by atoms with Crippen molar-refractivity contribution in [2.24, 2.45) is 0 Å². The average Bonchev–Trinajstić information content (AvgIpc) is 3.09. The molecule has 0 unspecified atom stereocenters. The van der Waals surface area contributed by atoms with E-state index < -0.39 is 0 Å². The molecule has 0 atom stereocenters. The summed E-state index contributed by atoms with van der Waals surface area (Å²) in [5.41, 5.74) is 4.83. The molecule has 0 aliphatic heterocycles. The molecule has 4 rings (SSSR count). The minimum absolute atomic E-state index is 0.673. The molecule has 3 nitrogen and oxygen atoms in total. The number of hydrogen-bond acceptors (Lipinski definition) is 2. The number of pyridine rings is 1. The van der Waals surface area contributed by atoms with Crippen LogP contribution in [0.25, 0.3) is 33.9 Å². The van der Waals surface area contributed by atoms with Crippen LogP contribution in [-0.2, 0) is 0 Å². The van der Waals surface area contributed by atoms with Crippen LogP contribution in [0.2, 0.25) is 5.02 Å². The van der Waals surface area contributed by atoms with Gasteiger partial charge in [-0.05, 0) is 24.3 Å². The van der Waals surface area contributed by atoms with Crippen LogP contribution >= 0.6 is 11.6 Å². The van der Waals surface area contributed by atoms with Crippen LogP contribution in [0.4, 0.5) is 0 Å². The van der Waals surface area contributed by atoms with Gasteiger partial charge < -0.3 is 4.98 Å². The molecule has 1 N–H and O–H groups in total. The van der Waals surface area contributed by atoms with Gasteiger partial charge in [-0.2, -0.15) is 0 Å². The van der Waals surface area contributed by atoms with Crippen molar-refractivity contribution >= 4 is 11.6 Å². The van der Waals surface area contributed by atoms with Crippen molar-refractivity contribution in [3.8, 4) is 33.9 Å². The maximum atomic E-state index is 6.34. The largest absolute Gasteiger partial charge is 0.337 e. The topological polar surface area (TPSA) is 41.6 Å². The standard InChI is InChI=1S/C20H14ClN3/c21-17-9-5-4-8-16(17)20-23-18(14-6-2-1-3-7-14)19(24-20)15-10-12-22-13-11-15/h1-13H,(H,23,24). The van der Waals surface area contributed by atoms with Crippen LogP contribution < -0.4 is 0 Å². The molecule has 2 aromatic heterocycles. The molecule has 4 heteroatoms. The van der Waals surface area contributed by atoms with Crippen LogP contribution in [0.5, 0.6) is 0 Å². The summed E-state index contributed by atoms with van der Waals surface area (Å²) < 4.78 is 0. The van der Waals surface area contributed by atoms with Gasteiger partial charge in [0, 0.05) is 29.1 Å². The average molecular weight is 332 g/mol. The van der Waals surface area contributed by atoms with E-state index in [0.717, 1.165) is 33.9 Å². The van der Waals surface area contributed by atoms with E-state index in [1.54, 1.807) is 12.4 Å². The molecular weight excluding hydrogens is 318 g/mol. The fraction of sp³-hybridized carbons (Fsp3) is 0. The van der Waals surface area contributed by atoms with E-state index in [1.165, 1.54) is 0 Å². The van der Waals surface area contributed by atoms with Gasteiger partial charge in [-0.3, -0.25) is 4.98 Å². The monoisotopic (exact) mass is 331 g/mol. The predicted molar refractivity (Wildman–Crippen MR) is 97.7 cm³/mol. The number of hydrogen-bond donors (Lipinski definition) is 1. The zero-order chi connectivity index (χ0) is 16.4. The normalized spacial score (nSPS) is 10.7. The Balaban J connectivity index is 1.94. The minimum atomic E-state index is 0.673. The molecule has 0 amide bonds. The summed E-state index contributed by atoms with van der Waals surface area (Å²) in [6, 6.07) is 21.8. The molecule has 0 spiro atoms. The second-order valence-electron chi connectivity index (χ2n) is 5.39. The van der Waals surface area contributed by atoms with Crippen molar-refractivity contribution in [3.63, 3.8) is 0 Å². The number of nitrogens with zero attached hydrogens (tertiary/aromatic N) is 2. The van der Waals surface area contributed by atoms with Gasteiger partial charge in [0.2, 0.25) is 0 Å². The van der Waals surface area contributed by atoms with Gasteiger partial charge in [-0.1, -0.05) is 54.1 Å². The van der Waals surface area contributed by atoms with Crippen LogP contribution in [0.1, 0.15) is 0 Å². The van der Waals surface area contributed by atoms with Crippen molar-refractivity contribution in [1.82, 2.24) is 15.0 Å². The Kier molecular flexibility index (Phi) is 3.85. The van der Waals surface area contributed by atoms with Gasteiger partial charge in [-0.15, -0.1) is 0 Å². The molecule has 116 valence electrons. The predicted octanol–water partition coefficient (Wildman–Crippen LogP) is 5.46. The molecule has 4 aromatic rings. The summed E-state index contributed by atoms with van der Waals surface area (Å²) in [6.07, 6.45) is 3.56. The fourth-order valence-electron chi connectivity index (χ4n) is 2.69. The molecule has 2 heterocycles. The van der Waals surface area contributed by atoms with Crippen LogP contribution in [0.3, 0.4) is 0 Å². The second kappa shape index (κ2) is 6.30. The highest BCUT2D eigenvalue weighted by molar-refractivity contribution is 6.33. The Morgan fingerprint density at radius 2 is 1.46 bits per heavy atom. The summed E-state index contributed by atoms with van der Waals surface area (Å²) in [6.45, 7) is 0. The number of halogens is 1. The SMILES string of the molecule is Clc1ccccc1-c1nc(-c2ccccc2)c(-c2ccncc2)[nH]1. The van der Waals surface area contributed by atoms with Crippen molar-refractivity contribution in [2.45, 2.75) is 0 Å². The molecule has 0 radical (unpaired) electrons. The van der Waals surface area contributed by atoms with Gasteiger partial charge in [0.05, 0.1) is 16.4 Å². The maximum Gasteiger partial charge on any atom is 0.140 e. The lowest BCUT2D eigenvalue weighted by molar-refractivity contribution is 1.30. The third kappa shape index (κ3) is 2.70. The first-order chi connectivity index (χ1) is 11.8. The Labute approximate surface area is 145 Å². The van der Waals surface area contributed by atoms with Gasteiger partial charge in [0.25, 0.3) is 0 Å². The van der Waals surface area contributed by atoms with Crippen LogP contribution in [-0.4, -0.2) is 15.0 Å². The summed E-state index contributed by atoms with van der Waals surface area (Å²) in [4.78, 5) is 12.4. The van der Waals surface area contributed by atoms with E-state index in [4.69, 9.17) is 16.6 Å². The molecule has 2 aromatic carbocycles. The summed E-state index contributed by atoms with van der Waals surface area (Å²) in [5.74, 6) is 0.756. The van der Waals surface area contributed by atoms with Gasteiger partial charge in [-0.25, -0.2) is 4.98 Å². The van der Waals surface area contributed by atoms with Gasteiger partial charge in [0.1, 0.15) is 5.82 Å². The van der Waals surface area contributed by atoms with Crippen molar-refractivity contribution in [3.05, 3.63) is 84.1 Å². The van der Waals surface area contributed by atoms with E-state index in [-0.39, 0.29) is 0 Å². The smallest absolute Gasteiger partial charge is 0.140 e. The van der Waals surface area contributed by atoms with E-state index >= 15 is 0 Å². The first kappa shape index (κ1) is 14.7. The summed E-state index contributed by atoms with van der Waals surface area (Å²) >= 11 is 6.34. The van der Waals surface area contributed by atoms with Crippen molar-refractivity contribution < 1.29 is 0 Å². The number of aromatic amines is 1. The highest BCUT2D eigenvalue weighted by Crippen LogP contribution is 2.34. The Morgan fingerprint density at radius 1 is 0.750 bits per heavy atom. The van der Waals surface area contributed by atoms with E-state index in [2.05, 4.69) is 22.1 Å². The molecule has 0 fully saturated rings. The van der Waals surface area contributed by atoms with E-state index in [0.29, 0.717) is 5.02 Å². The van der Waals surface area contributed by atoms with E-state index in [9.17, 15) is 0 Å². The number of H-pyrrole nitrogens is 1. The number of aromatic nitrogens is 3. The highest BCUT2D eigenvalue weighted by atomic mass is 35.5. The molecular formula is C20H14ClN3. The Morgan fingerprint density at radius 3 is 2.21 bits per heavy atom. The number of rotatable bonds is 3. The first-order valence-electron chi connectivity index (χ1n) is 7.63. The second-order valence-corrected chi connectivity index (χ2v) is 5.80. The highest BCUT2D eigenvalue weighted by Gasteiger charge is 2.16. The molecule has 0 saturated heterocycles. The Bertz CT molecular complexity index is 906. The number of nitrogens with one attached hydrogen (secondary N) is 1. The van der Waals surface area contributed by atoms with Gasteiger partial charge >= 0.3 is 0 Å². The molecule has 0 aliphatic carbocycles. The maximum absolute atomic E-state index is 6.34.